The maximum Gasteiger partial charge on any atom is 0.256 e. The first-order valence-electron chi connectivity index (χ1n) is 5.95. The monoisotopic (exact) mass is 231 g/mol. The largest absolute Gasteiger partial charge is 0.375 e. The predicted molar refractivity (Wildman–Crippen MR) is 67.3 cm³/mol. The number of fused-ring (bicyclic) bond motifs is 1. The van der Waals surface area contributed by atoms with E-state index >= 15 is 0 Å². The number of benzene rings is 1. The van der Waals surface area contributed by atoms with E-state index in [4.69, 9.17) is 0 Å². The van der Waals surface area contributed by atoms with Gasteiger partial charge in [-0.25, -0.2) is 0 Å². The fourth-order valence-electron chi connectivity index (χ4n) is 2.09. The van der Waals surface area contributed by atoms with Crippen molar-refractivity contribution in [2.24, 2.45) is 0 Å². The first kappa shape index (κ1) is 11.9. The Morgan fingerprint density at radius 3 is 3.00 bits per heavy atom. The van der Waals surface area contributed by atoms with Crippen LogP contribution in [0.25, 0.3) is 6.08 Å². The number of hydrogen-bond acceptors (Lipinski definition) is 2. The Morgan fingerprint density at radius 1 is 1.47 bits per heavy atom. The summed E-state index contributed by atoms with van der Waals surface area (Å²) >= 11 is 0. The van der Waals surface area contributed by atoms with Crippen LogP contribution < -0.4 is 5.32 Å². The maximum absolute atomic E-state index is 12.0. The minimum atomic E-state index is -1.42. The Morgan fingerprint density at radius 2 is 2.24 bits per heavy atom. The number of hydrogen-bond donors (Lipinski definition) is 2. The Labute approximate surface area is 101 Å². The molecule has 0 aromatic heterocycles. The van der Waals surface area contributed by atoms with Gasteiger partial charge in [-0.15, -0.1) is 0 Å². The highest BCUT2D eigenvalue weighted by molar-refractivity contribution is 5.88. The Bertz CT molecular complexity index is 453. The van der Waals surface area contributed by atoms with Crippen molar-refractivity contribution in [3.05, 3.63) is 41.5 Å². The number of aliphatic hydroxyl groups is 1. The van der Waals surface area contributed by atoms with Crippen molar-refractivity contribution in [1.29, 1.82) is 0 Å². The van der Waals surface area contributed by atoms with Crippen LogP contribution in [0.2, 0.25) is 0 Å². The van der Waals surface area contributed by atoms with Crippen molar-refractivity contribution in [3.8, 4) is 0 Å². The third kappa shape index (κ3) is 2.11. The number of carbonyl (C=O) groups is 1. The van der Waals surface area contributed by atoms with E-state index in [1.807, 2.05) is 43.3 Å². The van der Waals surface area contributed by atoms with Gasteiger partial charge >= 0.3 is 0 Å². The van der Waals surface area contributed by atoms with E-state index in [2.05, 4.69) is 5.32 Å². The molecule has 0 spiro atoms. The van der Waals surface area contributed by atoms with E-state index in [0.29, 0.717) is 18.5 Å². The topological polar surface area (TPSA) is 49.3 Å². The highest BCUT2D eigenvalue weighted by Crippen LogP contribution is 2.33. The van der Waals surface area contributed by atoms with Crippen LogP contribution in [0.4, 0.5) is 0 Å². The molecule has 0 radical (unpaired) electrons. The molecular formula is C14H17NO2. The van der Waals surface area contributed by atoms with Gasteiger partial charge in [0.25, 0.3) is 5.91 Å². The molecule has 0 aliphatic heterocycles. The zero-order valence-electron chi connectivity index (χ0n) is 9.94. The summed E-state index contributed by atoms with van der Waals surface area (Å²) in [6.45, 7) is 2.58. The van der Waals surface area contributed by atoms with E-state index in [1.54, 1.807) is 0 Å². The zero-order valence-corrected chi connectivity index (χ0v) is 9.94. The molecule has 1 amide bonds. The number of amides is 1. The lowest BCUT2D eigenvalue weighted by Crippen LogP contribution is -2.45. The van der Waals surface area contributed by atoms with Crippen molar-refractivity contribution >= 4 is 12.0 Å². The van der Waals surface area contributed by atoms with Gasteiger partial charge in [-0.3, -0.25) is 4.79 Å². The van der Waals surface area contributed by atoms with Crippen LogP contribution in [0, 0.1) is 0 Å². The van der Waals surface area contributed by atoms with E-state index in [-0.39, 0.29) is 5.91 Å². The molecule has 0 bridgehead atoms. The molecule has 1 atom stereocenters. The standard InChI is InChI=1S/C14H17NO2/c1-2-10-15-13(16)14(17)9-5-7-11-6-3-4-8-12(11)14/h3-8,17H,2,9-10H2,1H3,(H,15,16). The highest BCUT2D eigenvalue weighted by Gasteiger charge is 2.39. The number of carbonyl (C=O) groups excluding carboxylic acids is 1. The van der Waals surface area contributed by atoms with Gasteiger partial charge in [-0.1, -0.05) is 43.3 Å². The van der Waals surface area contributed by atoms with Gasteiger partial charge in [0, 0.05) is 18.5 Å². The van der Waals surface area contributed by atoms with Crippen LogP contribution in [-0.4, -0.2) is 17.6 Å². The molecule has 1 aromatic carbocycles. The van der Waals surface area contributed by atoms with Crippen LogP contribution in [0.15, 0.2) is 30.3 Å². The van der Waals surface area contributed by atoms with Gasteiger partial charge in [0.1, 0.15) is 0 Å². The van der Waals surface area contributed by atoms with Gasteiger partial charge in [0.15, 0.2) is 5.60 Å². The molecule has 2 rings (SSSR count). The molecule has 2 N–H and O–H groups in total. The number of nitrogens with one attached hydrogen (secondary N) is 1. The summed E-state index contributed by atoms with van der Waals surface area (Å²) in [4.78, 5) is 12.0. The predicted octanol–water partition coefficient (Wildman–Crippen LogP) is 1.82. The van der Waals surface area contributed by atoms with E-state index in [1.165, 1.54) is 0 Å². The van der Waals surface area contributed by atoms with Gasteiger partial charge in [-0.05, 0) is 12.0 Å². The summed E-state index contributed by atoms with van der Waals surface area (Å²) in [5.41, 5.74) is 0.185. The average molecular weight is 231 g/mol. The molecule has 17 heavy (non-hydrogen) atoms. The quantitative estimate of drug-likeness (QED) is 0.833. The minimum Gasteiger partial charge on any atom is -0.375 e. The lowest BCUT2D eigenvalue weighted by molar-refractivity contribution is -0.140. The Kier molecular flexibility index (Phi) is 3.29. The smallest absolute Gasteiger partial charge is 0.256 e. The lowest BCUT2D eigenvalue weighted by Gasteiger charge is -2.30. The highest BCUT2D eigenvalue weighted by atomic mass is 16.3. The van der Waals surface area contributed by atoms with Crippen LogP contribution in [-0.2, 0) is 10.4 Å². The van der Waals surface area contributed by atoms with Crippen molar-refractivity contribution in [3.63, 3.8) is 0 Å². The van der Waals surface area contributed by atoms with Crippen LogP contribution in [0.1, 0.15) is 30.9 Å². The molecule has 0 heterocycles. The molecule has 0 saturated heterocycles. The van der Waals surface area contributed by atoms with Crippen LogP contribution in [0.5, 0.6) is 0 Å². The van der Waals surface area contributed by atoms with Crippen molar-refractivity contribution in [2.75, 3.05) is 6.54 Å². The summed E-state index contributed by atoms with van der Waals surface area (Å²) in [7, 11) is 0. The van der Waals surface area contributed by atoms with E-state index in [9.17, 15) is 9.90 Å². The molecule has 3 heteroatoms. The molecule has 1 aliphatic rings. The molecule has 1 aromatic rings. The summed E-state index contributed by atoms with van der Waals surface area (Å²) in [5.74, 6) is -0.309. The van der Waals surface area contributed by atoms with Crippen molar-refractivity contribution in [1.82, 2.24) is 5.32 Å². The third-order valence-electron chi connectivity index (χ3n) is 3.03. The summed E-state index contributed by atoms with van der Waals surface area (Å²) in [6.07, 6.45) is 4.98. The summed E-state index contributed by atoms with van der Waals surface area (Å²) in [6, 6.07) is 7.46. The molecule has 1 unspecified atom stereocenters. The first-order chi connectivity index (χ1) is 8.18. The van der Waals surface area contributed by atoms with Gasteiger partial charge in [-0.2, -0.15) is 0 Å². The van der Waals surface area contributed by atoms with Gasteiger partial charge in [0.05, 0.1) is 0 Å². The Hall–Kier alpha value is -1.61. The number of rotatable bonds is 3. The fourth-order valence-corrected chi connectivity index (χ4v) is 2.09. The van der Waals surface area contributed by atoms with Gasteiger partial charge in [0.2, 0.25) is 0 Å². The fraction of sp³-hybridized carbons (Fsp3) is 0.357. The lowest BCUT2D eigenvalue weighted by atomic mass is 9.82. The van der Waals surface area contributed by atoms with Crippen LogP contribution in [0.3, 0.4) is 0 Å². The van der Waals surface area contributed by atoms with Crippen LogP contribution >= 0.6 is 0 Å². The molecule has 90 valence electrons. The van der Waals surface area contributed by atoms with Crippen molar-refractivity contribution in [2.45, 2.75) is 25.4 Å². The Balaban J connectivity index is 2.32. The molecule has 0 saturated carbocycles. The van der Waals surface area contributed by atoms with Gasteiger partial charge < -0.3 is 10.4 Å². The SMILES string of the molecule is CCCNC(=O)C1(O)CC=Cc2ccccc21. The molecule has 1 aliphatic carbocycles. The third-order valence-corrected chi connectivity index (χ3v) is 3.03. The summed E-state index contributed by atoms with van der Waals surface area (Å²) in [5, 5.41) is 13.3. The normalized spacial score (nSPS) is 22.0. The van der Waals surface area contributed by atoms with Crippen molar-refractivity contribution < 1.29 is 9.90 Å². The first-order valence-corrected chi connectivity index (χ1v) is 5.95. The zero-order chi connectivity index (χ0) is 12.3. The van der Waals surface area contributed by atoms with E-state index < -0.39 is 5.60 Å². The molecular weight excluding hydrogens is 214 g/mol. The maximum atomic E-state index is 12.0. The minimum absolute atomic E-state index is 0.309. The second kappa shape index (κ2) is 4.72. The molecule has 0 fully saturated rings. The second-order valence-corrected chi connectivity index (χ2v) is 4.31. The molecule has 3 nitrogen and oxygen atoms in total. The second-order valence-electron chi connectivity index (χ2n) is 4.31. The van der Waals surface area contributed by atoms with E-state index in [0.717, 1.165) is 12.0 Å². The summed E-state index contributed by atoms with van der Waals surface area (Å²) < 4.78 is 0. The average Bonchev–Trinajstić information content (AvgIpc) is 2.36.